The van der Waals surface area contributed by atoms with Gasteiger partial charge >= 0.3 is 0 Å². The summed E-state index contributed by atoms with van der Waals surface area (Å²) in [6.45, 7) is 0. The molecule has 1 heterocycles. The van der Waals surface area contributed by atoms with Crippen molar-refractivity contribution in [3.05, 3.63) is 198 Å². The first kappa shape index (κ1) is 27.9. The van der Waals surface area contributed by atoms with Gasteiger partial charge in [0.1, 0.15) is 0 Å². The SMILES string of the molecule is C1=CC2c3ccccc3C3(c4ccccc4-c4c(-c5nc(-c6ccccc6)nc(-c6ccc(-c7ccccc7)cc6)n5)cccc43)C2C=C1. The quantitative estimate of drug-likeness (QED) is 0.195. The Balaban J connectivity index is 1.20. The normalized spacial score (nSPS) is 19.3. The first-order chi connectivity index (χ1) is 24.3. The number of aromatic nitrogens is 3. The van der Waals surface area contributed by atoms with Gasteiger partial charge in [0.05, 0.1) is 5.41 Å². The van der Waals surface area contributed by atoms with E-state index < -0.39 is 0 Å². The van der Waals surface area contributed by atoms with Crippen LogP contribution < -0.4 is 0 Å². The lowest BCUT2D eigenvalue weighted by molar-refractivity contribution is 0.465. The lowest BCUT2D eigenvalue weighted by Gasteiger charge is -2.36. The van der Waals surface area contributed by atoms with Crippen LogP contribution in [0.1, 0.15) is 28.2 Å². The summed E-state index contributed by atoms with van der Waals surface area (Å²) >= 11 is 0. The number of benzene rings is 6. The van der Waals surface area contributed by atoms with E-state index in [1.807, 2.05) is 24.3 Å². The van der Waals surface area contributed by atoms with Crippen LogP contribution in [0.2, 0.25) is 0 Å². The van der Waals surface area contributed by atoms with E-state index in [0.29, 0.717) is 23.4 Å². The van der Waals surface area contributed by atoms with Crippen LogP contribution >= 0.6 is 0 Å². The number of hydrogen-bond acceptors (Lipinski definition) is 3. The number of rotatable bonds is 4. The van der Waals surface area contributed by atoms with Gasteiger partial charge in [0, 0.05) is 28.5 Å². The summed E-state index contributed by atoms with van der Waals surface area (Å²) in [7, 11) is 0. The third kappa shape index (κ3) is 4.12. The van der Waals surface area contributed by atoms with E-state index >= 15 is 0 Å². The molecule has 3 nitrogen and oxygen atoms in total. The molecular formula is C46H31N3. The minimum atomic E-state index is -0.310. The molecule has 3 heteroatoms. The third-order valence-corrected chi connectivity index (χ3v) is 10.6. The maximum absolute atomic E-state index is 5.25. The van der Waals surface area contributed by atoms with Crippen LogP contribution in [0.5, 0.6) is 0 Å². The predicted octanol–water partition coefficient (Wildman–Crippen LogP) is 10.7. The fourth-order valence-electron chi connectivity index (χ4n) is 8.63. The standard InChI is InChI=1S/C46H31N3/c1-3-14-30(15-4-1)31-26-28-33(29-27-31)44-47-43(32-16-5-2-6-17-32)48-45(49-44)37-21-13-25-41-42(37)36-20-9-12-24-40(36)46(41)38-22-10-7-18-34(38)35-19-8-11-23-39(35)46/h1-29,34,38H. The lowest BCUT2D eigenvalue weighted by Crippen LogP contribution is -2.32. The van der Waals surface area contributed by atoms with Gasteiger partial charge in [-0.3, -0.25) is 0 Å². The summed E-state index contributed by atoms with van der Waals surface area (Å²) in [4.78, 5) is 15.5. The highest BCUT2D eigenvalue weighted by Crippen LogP contribution is 2.66. The molecule has 3 aliphatic carbocycles. The van der Waals surface area contributed by atoms with Crippen LogP contribution in [0.3, 0.4) is 0 Å². The van der Waals surface area contributed by atoms with E-state index in [0.717, 1.165) is 22.3 Å². The fourth-order valence-corrected chi connectivity index (χ4v) is 8.63. The molecule has 1 spiro atoms. The molecule has 0 aliphatic heterocycles. The number of hydrogen-bond donors (Lipinski definition) is 0. The van der Waals surface area contributed by atoms with Crippen LogP contribution in [0.15, 0.2) is 176 Å². The highest BCUT2D eigenvalue weighted by molar-refractivity contribution is 5.94. The van der Waals surface area contributed by atoms with Crippen LogP contribution in [-0.4, -0.2) is 15.0 Å². The van der Waals surface area contributed by atoms with E-state index in [-0.39, 0.29) is 11.3 Å². The van der Waals surface area contributed by atoms with Crippen molar-refractivity contribution in [2.24, 2.45) is 5.92 Å². The van der Waals surface area contributed by atoms with Gasteiger partial charge in [0.15, 0.2) is 17.5 Å². The first-order valence-corrected chi connectivity index (χ1v) is 17.0. The van der Waals surface area contributed by atoms with E-state index in [9.17, 15) is 0 Å². The molecule has 0 bridgehead atoms. The number of allylic oxidation sites excluding steroid dienone is 4. The predicted molar refractivity (Wildman–Crippen MR) is 198 cm³/mol. The van der Waals surface area contributed by atoms with E-state index in [2.05, 4.69) is 152 Å². The molecule has 0 saturated carbocycles. The minimum absolute atomic E-state index is 0.268. The van der Waals surface area contributed by atoms with Crippen molar-refractivity contribution in [3.8, 4) is 56.4 Å². The van der Waals surface area contributed by atoms with Crippen LogP contribution in [0.25, 0.3) is 56.4 Å². The third-order valence-electron chi connectivity index (χ3n) is 10.6. The molecule has 0 radical (unpaired) electrons. The van der Waals surface area contributed by atoms with Gasteiger partial charge in [-0.1, -0.05) is 176 Å². The summed E-state index contributed by atoms with van der Waals surface area (Å²) in [5, 5.41) is 0. The molecule has 1 aromatic heterocycles. The van der Waals surface area contributed by atoms with Crippen molar-refractivity contribution in [3.63, 3.8) is 0 Å². The molecule has 0 saturated heterocycles. The Hall–Kier alpha value is -6.19. The zero-order chi connectivity index (χ0) is 32.4. The Bertz CT molecular complexity index is 2440. The minimum Gasteiger partial charge on any atom is -0.208 e. The molecule has 10 rings (SSSR count). The van der Waals surface area contributed by atoms with E-state index in [4.69, 9.17) is 15.0 Å². The summed E-state index contributed by atoms with van der Waals surface area (Å²) in [6, 6.07) is 54.0. The molecule has 0 N–H and O–H groups in total. The van der Waals surface area contributed by atoms with Crippen molar-refractivity contribution >= 4 is 0 Å². The lowest BCUT2D eigenvalue weighted by atomic mass is 9.65. The molecule has 49 heavy (non-hydrogen) atoms. The van der Waals surface area contributed by atoms with E-state index in [1.54, 1.807) is 0 Å². The maximum Gasteiger partial charge on any atom is 0.164 e. The Morgan fingerprint density at radius 3 is 1.69 bits per heavy atom. The highest BCUT2D eigenvalue weighted by atomic mass is 15.0. The molecule has 0 fully saturated rings. The Morgan fingerprint density at radius 2 is 0.918 bits per heavy atom. The molecule has 3 unspecified atom stereocenters. The van der Waals surface area contributed by atoms with Crippen molar-refractivity contribution in [1.82, 2.24) is 15.0 Å². The van der Waals surface area contributed by atoms with Crippen molar-refractivity contribution < 1.29 is 0 Å². The van der Waals surface area contributed by atoms with Gasteiger partial charge in [0.25, 0.3) is 0 Å². The average molecular weight is 626 g/mol. The van der Waals surface area contributed by atoms with Crippen molar-refractivity contribution in [1.29, 1.82) is 0 Å². The molecule has 0 amide bonds. The van der Waals surface area contributed by atoms with Gasteiger partial charge in [-0.05, 0) is 44.5 Å². The summed E-state index contributed by atoms with van der Waals surface area (Å²) in [5.74, 6) is 2.59. The summed E-state index contributed by atoms with van der Waals surface area (Å²) in [6.07, 6.45) is 9.25. The molecule has 3 aliphatic rings. The number of fused-ring (bicyclic) bond motifs is 10. The van der Waals surface area contributed by atoms with Gasteiger partial charge in [0.2, 0.25) is 0 Å². The van der Waals surface area contributed by atoms with Gasteiger partial charge in [-0.25, -0.2) is 15.0 Å². The Labute approximate surface area is 286 Å². The Morgan fingerprint density at radius 1 is 0.388 bits per heavy atom. The second-order valence-corrected chi connectivity index (χ2v) is 13.1. The van der Waals surface area contributed by atoms with Crippen LogP contribution in [0, 0.1) is 5.92 Å². The summed E-state index contributed by atoms with van der Waals surface area (Å²) < 4.78 is 0. The van der Waals surface area contributed by atoms with Crippen LogP contribution in [-0.2, 0) is 5.41 Å². The Kier molecular flexibility index (Phi) is 6.22. The highest BCUT2D eigenvalue weighted by Gasteiger charge is 2.57. The maximum atomic E-state index is 5.25. The first-order valence-electron chi connectivity index (χ1n) is 17.0. The van der Waals surface area contributed by atoms with Crippen LogP contribution in [0.4, 0.5) is 0 Å². The molecule has 3 atom stereocenters. The second-order valence-electron chi connectivity index (χ2n) is 13.1. The largest absolute Gasteiger partial charge is 0.208 e. The zero-order valence-electron chi connectivity index (χ0n) is 26.7. The summed E-state index contributed by atoms with van der Waals surface area (Å²) in [5.41, 5.74) is 12.9. The average Bonchev–Trinajstić information content (AvgIpc) is 3.66. The fraction of sp³-hybridized carbons (Fsp3) is 0.0652. The van der Waals surface area contributed by atoms with Gasteiger partial charge < -0.3 is 0 Å². The zero-order valence-corrected chi connectivity index (χ0v) is 26.7. The second kappa shape index (κ2) is 10.9. The molecule has 230 valence electrons. The topological polar surface area (TPSA) is 38.7 Å². The van der Waals surface area contributed by atoms with Crippen molar-refractivity contribution in [2.75, 3.05) is 0 Å². The smallest absolute Gasteiger partial charge is 0.164 e. The monoisotopic (exact) mass is 625 g/mol. The molecule has 6 aromatic carbocycles. The van der Waals surface area contributed by atoms with Gasteiger partial charge in [-0.15, -0.1) is 0 Å². The molecule has 7 aromatic rings. The molecular weight excluding hydrogens is 595 g/mol. The van der Waals surface area contributed by atoms with E-state index in [1.165, 1.54) is 38.9 Å². The number of nitrogens with zero attached hydrogens (tertiary/aromatic N) is 3. The van der Waals surface area contributed by atoms with Crippen molar-refractivity contribution in [2.45, 2.75) is 11.3 Å². The van der Waals surface area contributed by atoms with Gasteiger partial charge in [-0.2, -0.15) is 0 Å².